The van der Waals surface area contributed by atoms with E-state index >= 15 is 0 Å². The van der Waals surface area contributed by atoms with E-state index in [1.54, 1.807) is 6.20 Å². The summed E-state index contributed by atoms with van der Waals surface area (Å²) >= 11 is 12.3. The minimum absolute atomic E-state index is 0.282. The summed E-state index contributed by atoms with van der Waals surface area (Å²) in [5.74, 6) is 0.957. The van der Waals surface area contributed by atoms with E-state index in [1.165, 1.54) is 5.57 Å². The van der Waals surface area contributed by atoms with Gasteiger partial charge >= 0.3 is 0 Å². The summed E-state index contributed by atoms with van der Waals surface area (Å²) in [7, 11) is 0. The van der Waals surface area contributed by atoms with E-state index in [2.05, 4.69) is 39.3 Å². The van der Waals surface area contributed by atoms with Gasteiger partial charge < -0.3 is 4.90 Å². The molecule has 114 valence electrons. The molecule has 3 heterocycles. The quantitative estimate of drug-likeness (QED) is 0.727. The number of rotatable bonds is 2. The van der Waals surface area contributed by atoms with Gasteiger partial charge in [-0.1, -0.05) is 35.3 Å². The summed E-state index contributed by atoms with van der Waals surface area (Å²) in [6.07, 6.45) is 12.9. The Kier molecular flexibility index (Phi) is 3.68. The minimum atomic E-state index is 0.282. The first kappa shape index (κ1) is 14.5. The summed E-state index contributed by atoms with van der Waals surface area (Å²) in [6, 6.07) is 8.12. The first-order valence-electron chi connectivity index (χ1n) is 7.34. The Hall–Kier alpha value is -2.10. The summed E-state index contributed by atoms with van der Waals surface area (Å²) in [4.78, 5) is 10.6. The molecule has 0 saturated heterocycles. The Labute approximate surface area is 144 Å². The van der Waals surface area contributed by atoms with Crippen LogP contribution in [0.5, 0.6) is 0 Å². The van der Waals surface area contributed by atoms with Gasteiger partial charge in [0.05, 0.1) is 11.1 Å². The van der Waals surface area contributed by atoms with Crippen LogP contribution in [0.2, 0.25) is 10.2 Å². The maximum atomic E-state index is 6.29. The van der Waals surface area contributed by atoms with Crippen molar-refractivity contribution in [1.29, 1.82) is 0 Å². The summed E-state index contributed by atoms with van der Waals surface area (Å²) < 4.78 is 0. The minimum Gasteiger partial charge on any atom is -0.325 e. The average Bonchev–Trinajstić information content (AvgIpc) is 3.01. The Morgan fingerprint density at radius 3 is 2.83 bits per heavy atom. The van der Waals surface area contributed by atoms with E-state index in [4.69, 9.17) is 23.2 Å². The molecule has 3 nitrogen and oxygen atoms in total. The molecule has 0 amide bonds. The third kappa shape index (κ3) is 2.56. The van der Waals surface area contributed by atoms with Crippen LogP contribution >= 0.6 is 23.2 Å². The molecule has 0 fully saturated rings. The van der Waals surface area contributed by atoms with Gasteiger partial charge in [-0.15, -0.1) is 0 Å². The van der Waals surface area contributed by atoms with Gasteiger partial charge in [-0.2, -0.15) is 0 Å². The lowest BCUT2D eigenvalue weighted by Crippen LogP contribution is -2.29. The van der Waals surface area contributed by atoms with Crippen molar-refractivity contribution in [1.82, 2.24) is 9.97 Å². The number of pyridine rings is 2. The number of hydrogen-bond donors (Lipinski definition) is 0. The maximum Gasteiger partial charge on any atom is 0.148 e. The molecule has 1 aliphatic carbocycles. The topological polar surface area (TPSA) is 29.0 Å². The second-order valence-corrected chi connectivity index (χ2v) is 6.17. The van der Waals surface area contributed by atoms with Crippen LogP contribution in [0.3, 0.4) is 0 Å². The standard InChI is InChI=1S/C18H13Cl2N3/c19-17-14(6-9-22-18(17)20)12-4-5-15-13(11-12)7-10-23(15)16-3-1-2-8-21-16/h1-4,6-11,15H,5H2. The number of anilines is 1. The van der Waals surface area contributed by atoms with Crippen LogP contribution < -0.4 is 4.90 Å². The van der Waals surface area contributed by atoms with Crippen molar-refractivity contribution in [3.05, 3.63) is 82.4 Å². The highest BCUT2D eigenvalue weighted by atomic mass is 35.5. The van der Waals surface area contributed by atoms with Crippen molar-refractivity contribution in [2.45, 2.75) is 12.5 Å². The lowest BCUT2D eigenvalue weighted by Gasteiger charge is -2.27. The van der Waals surface area contributed by atoms with Gasteiger partial charge in [-0.05, 0) is 47.9 Å². The molecule has 23 heavy (non-hydrogen) atoms. The molecule has 1 aliphatic heterocycles. The largest absolute Gasteiger partial charge is 0.325 e. The predicted octanol–water partition coefficient (Wildman–Crippen LogP) is 4.90. The molecular formula is C18H13Cl2N3. The summed E-state index contributed by atoms with van der Waals surface area (Å²) in [6.45, 7) is 0. The lowest BCUT2D eigenvalue weighted by molar-refractivity contribution is 0.771. The molecule has 2 aliphatic rings. The Bertz CT molecular complexity index is 841. The molecule has 5 heteroatoms. The molecule has 0 saturated carbocycles. The van der Waals surface area contributed by atoms with E-state index in [1.807, 2.05) is 30.5 Å². The average molecular weight is 342 g/mol. The van der Waals surface area contributed by atoms with Gasteiger partial charge in [0.2, 0.25) is 0 Å². The molecular weight excluding hydrogens is 329 g/mol. The van der Waals surface area contributed by atoms with Crippen LogP contribution in [0.1, 0.15) is 12.0 Å². The number of halogens is 2. The maximum absolute atomic E-state index is 6.29. The second kappa shape index (κ2) is 5.84. The number of nitrogens with zero attached hydrogens (tertiary/aromatic N) is 3. The van der Waals surface area contributed by atoms with Crippen LogP contribution in [-0.2, 0) is 0 Å². The summed E-state index contributed by atoms with van der Waals surface area (Å²) in [5.41, 5.74) is 3.25. The summed E-state index contributed by atoms with van der Waals surface area (Å²) in [5, 5.41) is 0.835. The van der Waals surface area contributed by atoms with Crippen molar-refractivity contribution in [2.24, 2.45) is 0 Å². The molecule has 4 rings (SSSR count). The molecule has 0 N–H and O–H groups in total. The molecule has 0 radical (unpaired) electrons. The molecule has 2 aromatic rings. The predicted molar refractivity (Wildman–Crippen MR) is 94.6 cm³/mol. The van der Waals surface area contributed by atoms with Crippen molar-refractivity contribution < 1.29 is 0 Å². The van der Waals surface area contributed by atoms with Gasteiger partial charge in [0.1, 0.15) is 11.0 Å². The second-order valence-electron chi connectivity index (χ2n) is 5.43. The zero-order valence-electron chi connectivity index (χ0n) is 12.2. The van der Waals surface area contributed by atoms with Gasteiger partial charge in [0.25, 0.3) is 0 Å². The van der Waals surface area contributed by atoms with Gasteiger partial charge in [0.15, 0.2) is 0 Å². The van der Waals surface area contributed by atoms with E-state index < -0.39 is 0 Å². The fraction of sp³-hybridized carbons (Fsp3) is 0.111. The third-order valence-corrected chi connectivity index (χ3v) is 4.87. The number of hydrogen-bond acceptors (Lipinski definition) is 3. The monoisotopic (exact) mass is 341 g/mol. The lowest BCUT2D eigenvalue weighted by atomic mass is 9.92. The molecule has 2 aromatic heterocycles. The van der Waals surface area contributed by atoms with Crippen LogP contribution in [0.25, 0.3) is 5.57 Å². The van der Waals surface area contributed by atoms with Crippen LogP contribution in [0.15, 0.2) is 66.7 Å². The number of allylic oxidation sites excluding steroid dienone is 2. The van der Waals surface area contributed by atoms with Crippen molar-refractivity contribution in [2.75, 3.05) is 4.90 Å². The van der Waals surface area contributed by atoms with E-state index in [0.29, 0.717) is 10.2 Å². The van der Waals surface area contributed by atoms with E-state index in [-0.39, 0.29) is 6.04 Å². The zero-order chi connectivity index (χ0) is 15.8. The van der Waals surface area contributed by atoms with Crippen LogP contribution in [0.4, 0.5) is 5.82 Å². The number of fused-ring (bicyclic) bond motifs is 1. The first-order valence-corrected chi connectivity index (χ1v) is 8.09. The molecule has 0 spiro atoms. The molecule has 0 bridgehead atoms. The van der Waals surface area contributed by atoms with Crippen LogP contribution in [0, 0.1) is 0 Å². The fourth-order valence-corrected chi connectivity index (χ4v) is 3.36. The molecule has 1 unspecified atom stereocenters. The highest BCUT2D eigenvalue weighted by Crippen LogP contribution is 2.37. The molecule has 0 aromatic carbocycles. The van der Waals surface area contributed by atoms with Crippen molar-refractivity contribution >= 4 is 34.6 Å². The number of aromatic nitrogens is 2. The van der Waals surface area contributed by atoms with Gasteiger partial charge in [-0.25, -0.2) is 9.97 Å². The zero-order valence-corrected chi connectivity index (χ0v) is 13.7. The van der Waals surface area contributed by atoms with Crippen LogP contribution in [-0.4, -0.2) is 16.0 Å². The van der Waals surface area contributed by atoms with E-state index in [0.717, 1.165) is 23.4 Å². The highest BCUT2D eigenvalue weighted by Gasteiger charge is 2.28. The Morgan fingerprint density at radius 1 is 1.09 bits per heavy atom. The van der Waals surface area contributed by atoms with Gasteiger partial charge in [-0.3, -0.25) is 0 Å². The highest BCUT2D eigenvalue weighted by molar-refractivity contribution is 6.42. The smallest absolute Gasteiger partial charge is 0.148 e. The Morgan fingerprint density at radius 2 is 2.00 bits per heavy atom. The normalized spacial score (nSPS) is 19.4. The SMILES string of the molecule is Clc1nccc(C2=CCC3C(=C2)C=CN3c2ccccn2)c1Cl. The molecule has 1 atom stereocenters. The van der Waals surface area contributed by atoms with Crippen molar-refractivity contribution in [3.63, 3.8) is 0 Å². The first-order chi connectivity index (χ1) is 11.2. The van der Waals surface area contributed by atoms with Gasteiger partial charge in [0, 0.05) is 24.2 Å². The van der Waals surface area contributed by atoms with Crippen molar-refractivity contribution in [3.8, 4) is 0 Å². The van der Waals surface area contributed by atoms with E-state index in [9.17, 15) is 0 Å². The third-order valence-electron chi connectivity index (χ3n) is 4.10. The Balaban J connectivity index is 1.65. The fourth-order valence-electron chi connectivity index (χ4n) is 2.98.